The number of aromatic carboxylic acids is 1. The minimum absolute atomic E-state index is 0.000566. The summed E-state index contributed by atoms with van der Waals surface area (Å²) in [6.45, 7) is 1.63. The van der Waals surface area contributed by atoms with Crippen molar-refractivity contribution >= 4 is 11.8 Å². The van der Waals surface area contributed by atoms with Crippen LogP contribution in [0.5, 0.6) is 0 Å². The molecule has 5 N–H and O–H groups in total. The molecule has 1 aliphatic rings. The molecule has 3 rings (SSSR count). The molecule has 1 saturated carbocycles. The Bertz CT molecular complexity index is 826. The Morgan fingerprint density at radius 3 is 2.52 bits per heavy atom. The third-order valence-corrected chi connectivity index (χ3v) is 5.23. The van der Waals surface area contributed by atoms with Gasteiger partial charge in [0.15, 0.2) is 0 Å². The van der Waals surface area contributed by atoms with E-state index in [0.717, 1.165) is 29.2 Å². The van der Waals surface area contributed by atoms with E-state index in [1.165, 1.54) is 32.1 Å². The van der Waals surface area contributed by atoms with Crippen molar-refractivity contribution in [3.05, 3.63) is 59.2 Å². The summed E-state index contributed by atoms with van der Waals surface area (Å²) in [5.74, 6) is -0.207. The summed E-state index contributed by atoms with van der Waals surface area (Å²) in [4.78, 5) is 11.6. The fourth-order valence-electron chi connectivity index (χ4n) is 3.76. The summed E-state index contributed by atoms with van der Waals surface area (Å²) in [5, 5.41) is 20.6. The van der Waals surface area contributed by atoms with E-state index in [1.807, 2.05) is 24.3 Å². The molecule has 0 atom stereocenters. The van der Waals surface area contributed by atoms with E-state index in [0.29, 0.717) is 12.1 Å². The molecule has 0 radical (unpaired) electrons. The van der Waals surface area contributed by atoms with Crippen LogP contribution in [0.3, 0.4) is 0 Å². The first kappa shape index (κ1) is 19.1. The topological polar surface area (TPSA) is 99.2 Å². The van der Waals surface area contributed by atoms with Crippen LogP contribution >= 0.6 is 0 Å². The molecule has 0 aliphatic heterocycles. The van der Waals surface area contributed by atoms with Gasteiger partial charge in [0.25, 0.3) is 0 Å². The predicted octanol–water partition coefficient (Wildman–Crippen LogP) is 4.01. The number of nitrogen functional groups attached to an aromatic ring is 1. The molecule has 0 heterocycles. The zero-order valence-electron chi connectivity index (χ0n) is 15.5. The molecule has 2 aromatic carbocycles. The van der Waals surface area contributed by atoms with E-state index < -0.39 is 5.97 Å². The van der Waals surface area contributed by atoms with Crippen molar-refractivity contribution in [2.45, 2.75) is 38.6 Å². The normalized spacial score (nSPS) is 14.8. The first-order valence-corrected chi connectivity index (χ1v) is 9.56. The monoisotopic (exact) mass is 365 g/mol. The number of amidine groups is 1. The van der Waals surface area contributed by atoms with E-state index in [9.17, 15) is 9.90 Å². The lowest BCUT2D eigenvalue weighted by atomic mass is 9.89. The average Bonchev–Trinajstić information content (AvgIpc) is 2.68. The summed E-state index contributed by atoms with van der Waals surface area (Å²) >= 11 is 0. The molecule has 0 saturated heterocycles. The molecule has 2 aromatic rings. The molecular weight excluding hydrogens is 338 g/mol. The zero-order valence-corrected chi connectivity index (χ0v) is 15.5. The van der Waals surface area contributed by atoms with Gasteiger partial charge in [-0.3, -0.25) is 5.41 Å². The first-order chi connectivity index (χ1) is 13.0. The third kappa shape index (κ3) is 5.17. The molecular formula is C22H27N3O2. The summed E-state index contributed by atoms with van der Waals surface area (Å²) in [5.41, 5.74) is 9.13. The maximum absolute atomic E-state index is 11.6. The van der Waals surface area contributed by atoms with E-state index >= 15 is 0 Å². The molecule has 0 spiro atoms. The van der Waals surface area contributed by atoms with Gasteiger partial charge in [-0.1, -0.05) is 37.5 Å². The summed E-state index contributed by atoms with van der Waals surface area (Å²) in [6.07, 6.45) is 6.55. The Hall–Kier alpha value is -2.66. The Morgan fingerprint density at radius 2 is 1.81 bits per heavy atom. The largest absolute Gasteiger partial charge is 0.478 e. The Labute approximate surface area is 160 Å². The SMILES string of the molecule is N=C(N)c1cccc(-c2cc(CNCC3CCCCC3)cc(C(=O)O)c2)c1. The van der Waals surface area contributed by atoms with Crippen molar-refractivity contribution in [1.82, 2.24) is 5.32 Å². The summed E-state index contributed by atoms with van der Waals surface area (Å²) in [7, 11) is 0. The lowest BCUT2D eigenvalue weighted by Crippen LogP contribution is -2.24. The van der Waals surface area contributed by atoms with Gasteiger partial charge in [0.2, 0.25) is 0 Å². The number of carboxylic acid groups (broad SMARTS) is 1. The van der Waals surface area contributed by atoms with Crippen LogP contribution in [0.25, 0.3) is 11.1 Å². The van der Waals surface area contributed by atoms with Crippen LogP contribution in [0.15, 0.2) is 42.5 Å². The Kier molecular flexibility index (Phi) is 6.24. The smallest absolute Gasteiger partial charge is 0.335 e. The van der Waals surface area contributed by atoms with Crippen LogP contribution < -0.4 is 11.1 Å². The minimum Gasteiger partial charge on any atom is -0.478 e. The first-order valence-electron chi connectivity index (χ1n) is 9.56. The number of hydrogen-bond donors (Lipinski definition) is 4. The number of nitrogens with two attached hydrogens (primary N) is 1. The highest BCUT2D eigenvalue weighted by Gasteiger charge is 2.13. The van der Waals surface area contributed by atoms with Crippen LogP contribution in [0.2, 0.25) is 0 Å². The summed E-state index contributed by atoms with van der Waals surface area (Å²) < 4.78 is 0. The van der Waals surface area contributed by atoms with Crippen molar-refractivity contribution < 1.29 is 9.90 Å². The van der Waals surface area contributed by atoms with Gasteiger partial charge in [-0.15, -0.1) is 0 Å². The van der Waals surface area contributed by atoms with Crippen LogP contribution in [0.1, 0.15) is 53.6 Å². The van der Waals surface area contributed by atoms with Crippen LogP contribution in [-0.2, 0) is 6.54 Å². The van der Waals surface area contributed by atoms with Gasteiger partial charge in [-0.05, 0) is 66.3 Å². The fraction of sp³-hybridized carbons (Fsp3) is 0.364. The van der Waals surface area contributed by atoms with E-state index in [2.05, 4.69) is 5.32 Å². The second-order valence-corrected chi connectivity index (χ2v) is 7.35. The maximum Gasteiger partial charge on any atom is 0.335 e. The molecule has 0 amide bonds. The highest BCUT2D eigenvalue weighted by Crippen LogP contribution is 2.25. The second kappa shape index (κ2) is 8.82. The van der Waals surface area contributed by atoms with E-state index in [-0.39, 0.29) is 11.4 Å². The molecule has 5 nitrogen and oxygen atoms in total. The maximum atomic E-state index is 11.6. The van der Waals surface area contributed by atoms with Crippen LogP contribution in [0, 0.1) is 11.3 Å². The van der Waals surface area contributed by atoms with E-state index in [4.69, 9.17) is 11.1 Å². The average molecular weight is 365 g/mol. The minimum atomic E-state index is -0.937. The quantitative estimate of drug-likeness (QED) is 0.440. The molecule has 0 unspecified atom stereocenters. The molecule has 1 aliphatic carbocycles. The predicted molar refractivity (Wildman–Crippen MR) is 108 cm³/mol. The highest BCUT2D eigenvalue weighted by molar-refractivity contribution is 5.96. The van der Waals surface area contributed by atoms with Gasteiger partial charge in [0.05, 0.1) is 5.56 Å². The number of carbonyl (C=O) groups is 1. The van der Waals surface area contributed by atoms with E-state index in [1.54, 1.807) is 18.2 Å². The molecule has 1 fully saturated rings. The number of nitrogens with one attached hydrogen (secondary N) is 2. The lowest BCUT2D eigenvalue weighted by Gasteiger charge is -2.22. The number of rotatable bonds is 7. The third-order valence-electron chi connectivity index (χ3n) is 5.23. The van der Waals surface area contributed by atoms with Crippen LogP contribution in [-0.4, -0.2) is 23.5 Å². The molecule has 142 valence electrons. The zero-order chi connectivity index (χ0) is 19.2. The number of benzene rings is 2. The number of carboxylic acids is 1. The van der Waals surface area contributed by atoms with Gasteiger partial charge in [0, 0.05) is 12.1 Å². The Balaban J connectivity index is 1.79. The van der Waals surface area contributed by atoms with Crippen molar-refractivity contribution in [1.29, 1.82) is 5.41 Å². The fourth-order valence-corrected chi connectivity index (χ4v) is 3.76. The molecule has 0 aromatic heterocycles. The van der Waals surface area contributed by atoms with Gasteiger partial charge in [-0.25, -0.2) is 4.79 Å². The molecule has 0 bridgehead atoms. The van der Waals surface area contributed by atoms with Crippen LogP contribution in [0.4, 0.5) is 0 Å². The van der Waals surface area contributed by atoms with Crippen molar-refractivity contribution in [3.8, 4) is 11.1 Å². The second-order valence-electron chi connectivity index (χ2n) is 7.35. The lowest BCUT2D eigenvalue weighted by molar-refractivity contribution is 0.0697. The van der Waals surface area contributed by atoms with Crippen molar-refractivity contribution in [3.63, 3.8) is 0 Å². The molecule has 5 heteroatoms. The van der Waals surface area contributed by atoms with Gasteiger partial charge in [-0.2, -0.15) is 0 Å². The van der Waals surface area contributed by atoms with Gasteiger partial charge < -0.3 is 16.2 Å². The van der Waals surface area contributed by atoms with Crippen molar-refractivity contribution in [2.75, 3.05) is 6.54 Å². The van der Waals surface area contributed by atoms with Gasteiger partial charge >= 0.3 is 5.97 Å². The Morgan fingerprint density at radius 1 is 1.07 bits per heavy atom. The van der Waals surface area contributed by atoms with Gasteiger partial charge in [0.1, 0.15) is 5.84 Å². The number of hydrogen-bond acceptors (Lipinski definition) is 3. The summed E-state index contributed by atoms with van der Waals surface area (Å²) in [6, 6.07) is 12.8. The standard InChI is InChI=1S/C22H27N3O2/c23-21(24)18-8-4-7-17(11-18)19-9-16(10-20(12-19)22(26)27)14-25-13-15-5-2-1-3-6-15/h4,7-12,15,25H,1-3,5-6,13-14H2,(H3,23,24)(H,26,27). The van der Waals surface area contributed by atoms with Crippen molar-refractivity contribution in [2.24, 2.45) is 11.7 Å². The molecule has 27 heavy (non-hydrogen) atoms. The highest BCUT2D eigenvalue weighted by atomic mass is 16.4.